The third-order valence-electron chi connectivity index (χ3n) is 4.98. The molecule has 0 saturated carbocycles. The Hall–Kier alpha value is -3.74. The summed E-state index contributed by atoms with van der Waals surface area (Å²) in [7, 11) is 0. The smallest absolute Gasteiger partial charge is 0.290 e. The van der Waals surface area contributed by atoms with Gasteiger partial charge in [-0.15, -0.1) is 0 Å². The fraction of sp³-hybridized carbons (Fsp3) is 0.217. The number of hydrogen-bond donors (Lipinski definition) is 1. The van der Waals surface area contributed by atoms with Crippen LogP contribution in [0.15, 0.2) is 65.6 Å². The minimum absolute atomic E-state index is 0.148. The van der Waals surface area contributed by atoms with Gasteiger partial charge in [0.2, 0.25) is 5.76 Å². The predicted octanol–water partition coefficient (Wildman–Crippen LogP) is 4.09. The molecule has 4 rings (SSSR count). The number of carbonyl (C=O) groups excluding carboxylic acids is 1. The maximum absolute atomic E-state index is 13.0. The Morgan fingerprint density at radius 2 is 1.97 bits per heavy atom. The zero-order valence-corrected chi connectivity index (χ0v) is 17.2. The van der Waals surface area contributed by atoms with Crippen molar-refractivity contribution in [2.45, 2.75) is 33.4 Å². The van der Waals surface area contributed by atoms with Crippen LogP contribution in [0.1, 0.15) is 45.9 Å². The number of carbonyl (C=O) groups is 1. The molecule has 0 fully saturated rings. The second kappa shape index (κ2) is 8.32. The highest BCUT2D eigenvalue weighted by molar-refractivity contribution is 5.93. The van der Waals surface area contributed by atoms with Crippen LogP contribution in [0.4, 0.5) is 0 Å². The van der Waals surface area contributed by atoms with Gasteiger partial charge in [0.25, 0.3) is 5.91 Å². The van der Waals surface area contributed by atoms with Gasteiger partial charge in [0.15, 0.2) is 0 Å². The van der Waals surface area contributed by atoms with Gasteiger partial charge in [-0.25, -0.2) is 0 Å². The van der Waals surface area contributed by atoms with Crippen LogP contribution in [-0.2, 0) is 6.54 Å². The highest BCUT2D eigenvalue weighted by Gasteiger charge is 2.22. The number of nitrogens with one attached hydrogen (secondary N) is 1. The van der Waals surface area contributed by atoms with Crippen molar-refractivity contribution in [3.8, 4) is 11.3 Å². The largest absolute Gasteiger partial charge is 0.350 e. The van der Waals surface area contributed by atoms with Crippen molar-refractivity contribution >= 4 is 5.91 Å². The molecule has 152 valence electrons. The molecule has 0 unspecified atom stereocenters. The molecule has 4 aromatic rings. The van der Waals surface area contributed by atoms with Crippen LogP contribution in [0.3, 0.4) is 0 Å². The first-order chi connectivity index (χ1) is 14.5. The number of aryl methyl sites for hydroxylation is 3. The first-order valence-electron chi connectivity index (χ1n) is 9.83. The summed E-state index contributed by atoms with van der Waals surface area (Å²) in [6.07, 6.45) is 5.36. The van der Waals surface area contributed by atoms with Gasteiger partial charge >= 0.3 is 0 Å². The van der Waals surface area contributed by atoms with Crippen molar-refractivity contribution in [1.82, 2.24) is 25.2 Å². The molecule has 7 nitrogen and oxygen atoms in total. The summed E-state index contributed by atoms with van der Waals surface area (Å²) in [4.78, 5) is 17.2. The SMILES string of the molecule is CCn1cc(-c2cc(C(=O)N[C@@H](c3ccc(C)cc3)c3cccnc3)on2)c(C)n1. The van der Waals surface area contributed by atoms with E-state index in [1.807, 2.05) is 68.0 Å². The number of aromatic nitrogens is 4. The van der Waals surface area contributed by atoms with Crippen molar-refractivity contribution in [2.75, 3.05) is 0 Å². The lowest BCUT2D eigenvalue weighted by Crippen LogP contribution is -2.29. The number of rotatable bonds is 6. The lowest BCUT2D eigenvalue weighted by atomic mass is 9.99. The number of hydrogen-bond acceptors (Lipinski definition) is 5. The first-order valence-corrected chi connectivity index (χ1v) is 9.83. The standard InChI is InChI=1S/C23H23N5O2/c1-4-28-14-19(16(3)26-28)20-12-21(30-27-20)23(29)25-22(18-6-5-11-24-13-18)17-9-7-15(2)8-10-17/h5-14,22H,4H2,1-3H3,(H,25,29)/t22-/m0/s1. The van der Waals surface area contributed by atoms with Gasteiger partial charge in [-0.1, -0.05) is 41.1 Å². The maximum Gasteiger partial charge on any atom is 0.290 e. The van der Waals surface area contributed by atoms with Crippen molar-refractivity contribution in [3.05, 3.63) is 89.2 Å². The van der Waals surface area contributed by atoms with Crippen LogP contribution in [-0.4, -0.2) is 25.8 Å². The monoisotopic (exact) mass is 401 g/mol. The van der Waals surface area contributed by atoms with E-state index in [-0.39, 0.29) is 17.7 Å². The Kier molecular flexibility index (Phi) is 5.43. The number of pyridine rings is 1. The molecule has 0 spiro atoms. The van der Waals surface area contributed by atoms with E-state index in [1.54, 1.807) is 18.5 Å². The van der Waals surface area contributed by atoms with Gasteiger partial charge in [-0.2, -0.15) is 5.10 Å². The van der Waals surface area contributed by atoms with Crippen LogP contribution < -0.4 is 5.32 Å². The first kappa shape index (κ1) is 19.6. The molecule has 1 aromatic carbocycles. The number of nitrogens with zero attached hydrogens (tertiary/aromatic N) is 4. The van der Waals surface area contributed by atoms with Crippen LogP contribution in [0.2, 0.25) is 0 Å². The Labute approximate surface area is 174 Å². The van der Waals surface area contributed by atoms with Gasteiger partial charge < -0.3 is 9.84 Å². The average molecular weight is 401 g/mol. The summed E-state index contributed by atoms with van der Waals surface area (Å²) in [6.45, 7) is 6.71. The van der Waals surface area contributed by atoms with Crippen molar-refractivity contribution in [3.63, 3.8) is 0 Å². The van der Waals surface area contributed by atoms with E-state index in [0.717, 1.165) is 34.5 Å². The number of amides is 1. The minimum atomic E-state index is -0.357. The normalized spacial score (nSPS) is 12.0. The minimum Gasteiger partial charge on any atom is -0.350 e. The molecule has 0 aliphatic heterocycles. The fourth-order valence-electron chi connectivity index (χ4n) is 3.31. The van der Waals surface area contributed by atoms with Crippen molar-refractivity contribution < 1.29 is 9.32 Å². The summed E-state index contributed by atoms with van der Waals surface area (Å²) in [6, 6.07) is 13.1. The average Bonchev–Trinajstić information content (AvgIpc) is 3.40. The van der Waals surface area contributed by atoms with Crippen LogP contribution >= 0.6 is 0 Å². The Morgan fingerprint density at radius 1 is 1.17 bits per heavy atom. The molecule has 1 N–H and O–H groups in total. The van der Waals surface area contributed by atoms with Crippen LogP contribution in [0.25, 0.3) is 11.3 Å². The summed E-state index contributed by atoms with van der Waals surface area (Å²) < 4.78 is 7.18. The van der Waals surface area contributed by atoms with Gasteiger partial charge in [-0.3, -0.25) is 14.5 Å². The zero-order valence-electron chi connectivity index (χ0n) is 17.2. The van der Waals surface area contributed by atoms with Crippen LogP contribution in [0.5, 0.6) is 0 Å². The molecule has 1 atom stereocenters. The molecule has 30 heavy (non-hydrogen) atoms. The highest BCUT2D eigenvalue weighted by atomic mass is 16.5. The van der Waals surface area contributed by atoms with Gasteiger partial charge in [0.05, 0.1) is 11.7 Å². The molecule has 7 heteroatoms. The molecular weight excluding hydrogens is 378 g/mol. The Bertz CT molecular complexity index is 1150. The predicted molar refractivity (Wildman–Crippen MR) is 113 cm³/mol. The summed E-state index contributed by atoms with van der Waals surface area (Å²) in [5.41, 5.74) is 5.27. The van der Waals surface area contributed by atoms with E-state index < -0.39 is 0 Å². The molecule has 1 amide bonds. The van der Waals surface area contributed by atoms with Crippen molar-refractivity contribution in [1.29, 1.82) is 0 Å². The van der Waals surface area contributed by atoms with Crippen LogP contribution in [0, 0.1) is 13.8 Å². The van der Waals surface area contributed by atoms with E-state index in [0.29, 0.717) is 5.69 Å². The zero-order chi connectivity index (χ0) is 21.1. The highest BCUT2D eigenvalue weighted by Crippen LogP contribution is 2.25. The second-order valence-electron chi connectivity index (χ2n) is 7.16. The van der Waals surface area contributed by atoms with Gasteiger partial charge in [-0.05, 0) is 38.0 Å². The van der Waals surface area contributed by atoms with Crippen molar-refractivity contribution in [2.24, 2.45) is 0 Å². The molecule has 0 bridgehead atoms. The number of benzene rings is 1. The third kappa shape index (κ3) is 4.00. The van der Waals surface area contributed by atoms with E-state index in [2.05, 4.69) is 20.6 Å². The molecule has 0 radical (unpaired) electrons. The third-order valence-corrected chi connectivity index (χ3v) is 4.98. The van der Waals surface area contributed by atoms with E-state index in [1.165, 1.54) is 0 Å². The van der Waals surface area contributed by atoms with Gasteiger partial charge in [0.1, 0.15) is 5.69 Å². The summed E-state index contributed by atoms with van der Waals surface area (Å²) >= 11 is 0. The topological polar surface area (TPSA) is 85.8 Å². The fourth-order valence-corrected chi connectivity index (χ4v) is 3.31. The Morgan fingerprint density at radius 3 is 2.63 bits per heavy atom. The van der Waals surface area contributed by atoms with E-state index >= 15 is 0 Å². The quantitative estimate of drug-likeness (QED) is 0.526. The molecule has 3 aromatic heterocycles. The summed E-state index contributed by atoms with van der Waals surface area (Å²) in [5, 5.41) is 11.5. The summed E-state index contributed by atoms with van der Waals surface area (Å²) in [5.74, 6) is -0.196. The van der Waals surface area contributed by atoms with Gasteiger partial charge in [0, 0.05) is 36.8 Å². The Balaban J connectivity index is 1.61. The molecule has 0 aliphatic carbocycles. The lowest BCUT2D eigenvalue weighted by molar-refractivity contribution is 0.0906. The molecule has 3 heterocycles. The molecule has 0 aliphatic rings. The van der Waals surface area contributed by atoms with E-state index in [4.69, 9.17) is 4.52 Å². The lowest BCUT2D eigenvalue weighted by Gasteiger charge is -2.19. The maximum atomic E-state index is 13.0. The van der Waals surface area contributed by atoms with E-state index in [9.17, 15) is 4.79 Å². The molecule has 0 saturated heterocycles. The molecular formula is C23H23N5O2. The second-order valence-corrected chi connectivity index (χ2v) is 7.16.